The molecule has 2 amide bonds. The van der Waals surface area contributed by atoms with Gasteiger partial charge in [-0.25, -0.2) is 0 Å². The van der Waals surface area contributed by atoms with Crippen LogP contribution in [0.1, 0.15) is 17.3 Å². The molecular formula is C17H15N3O3. The van der Waals surface area contributed by atoms with Crippen LogP contribution < -0.4 is 11.1 Å². The van der Waals surface area contributed by atoms with Crippen LogP contribution in [0.4, 0.5) is 0 Å². The summed E-state index contributed by atoms with van der Waals surface area (Å²) in [5.41, 5.74) is 7.17. The van der Waals surface area contributed by atoms with Crippen molar-refractivity contribution in [2.45, 2.75) is 12.5 Å². The number of nitrogens with zero attached hydrogens (tertiary/aromatic N) is 1. The smallest absolute Gasteiger partial charge is 0.244 e. The molecule has 0 aliphatic heterocycles. The summed E-state index contributed by atoms with van der Waals surface area (Å²) in [5, 5.41) is 7.32. The van der Waals surface area contributed by atoms with Crippen molar-refractivity contribution in [3.8, 4) is 0 Å². The van der Waals surface area contributed by atoms with E-state index in [1.54, 1.807) is 30.3 Å². The van der Waals surface area contributed by atoms with Crippen LogP contribution in [0.2, 0.25) is 0 Å². The van der Waals surface area contributed by atoms with Gasteiger partial charge in [0.15, 0.2) is 5.58 Å². The Morgan fingerprint density at radius 2 is 1.78 bits per heavy atom. The fourth-order valence-electron chi connectivity index (χ4n) is 2.39. The Morgan fingerprint density at radius 1 is 1.09 bits per heavy atom. The Balaban J connectivity index is 1.76. The highest BCUT2D eigenvalue weighted by Crippen LogP contribution is 2.18. The van der Waals surface area contributed by atoms with Crippen molar-refractivity contribution >= 4 is 22.8 Å². The molecule has 116 valence electrons. The van der Waals surface area contributed by atoms with Crippen molar-refractivity contribution in [1.29, 1.82) is 0 Å². The highest BCUT2D eigenvalue weighted by atomic mass is 16.5. The molecule has 0 unspecified atom stereocenters. The van der Waals surface area contributed by atoms with Crippen molar-refractivity contribution in [1.82, 2.24) is 10.5 Å². The number of hydrogen-bond acceptors (Lipinski definition) is 4. The van der Waals surface area contributed by atoms with Gasteiger partial charge in [0.05, 0.1) is 6.42 Å². The van der Waals surface area contributed by atoms with E-state index in [9.17, 15) is 9.59 Å². The minimum Gasteiger partial charge on any atom is -0.368 e. The maximum absolute atomic E-state index is 12.2. The van der Waals surface area contributed by atoms with Gasteiger partial charge in [-0.3, -0.25) is 9.59 Å². The van der Waals surface area contributed by atoms with E-state index in [0.717, 1.165) is 5.39 Å². The minimum atomic E-state index is -0.873. The average Bonchev–Trinajstić information content (AvgIpc) is 2.96. The zero-order valence-corrected chi connectivity index (χ0v) is 12.2. The summed E-state index contributed by atoms with van der Waals surface area (Å²) in [7, 11) is 0. The third kappa shape index (κ3) is 3.21. The number of amides is 2. The molecule has 0 saturated carbocycles. The van der Waals surface area contributed by atoms with Crippen LogP contribution in [0.25, 0.3) is 11.0 Å². The van der Waals surface area contributed by atoms with Crippen LogP contribution in [0, 0.1) is 0 Å². The second-order valence-corrected chi connectivity index (χ2v) is 5.12. The molecule has 1 heterocycles. The number of aromatic nitrogens is 1. The molecule has 6 heteroatoms. The molecule has 1 atom stereocenters. The summed E-state index contributed by atoms with van der Waals surface area (Å²) < 4.78 is 5.17. The van der Waals surface area contributed by atoms with Crippen LogP contribution in [-0.4, -0.2) is 17.0 Å². The van der Waals surface area contributed by atoms with Gasteiger partial charge in [0.2, 0.25) is 11.8 Å². The first kappa shape index (κ1) is 14.8. The number of nitrogens with two attached hydrogens (primary N) is 1. The van der Waals surface area contributed by atoms with Gasteiger partial charge in [-0.15, -0.1) is 0 Å². The Morgan fingerprint density at radius 3 is 2.52 bits per heavy atom. The van der Waals surface area contributed by atoms with E-state index in [1.807, 2.05) is 24.3 Å². The molecular weight excluding hydrogens is 294 g/mol. The fraction of sp³-hybridized carbons (Fsp3) is 0.118. The first-order valence-electron chi connectivity index (χ1n) is 7.12. The SMILES string of the molecule is NC(=O)[C@H](NC(=O)Cc1noc2ccccc12)c1ccccc1. The number of rotatable bonds is 5. The topological polar surface area (TPSA) is 98.2 Å². The average molecular weight is 309 g/mol. The highest BCUT2D eigenvalue weighted by Gasteiger charge is 2.21. The van der Waals surface area contributed by atoms with Gasteiger partial charge in [-0.2, -0.15) is 0 Å². The van der Waals surface area contributed by atoms with E-state index in [-0.39, 0.29) is 12.3 Å². The van der Waals surface area contributed by atoms with Crippen molar-refractivity contribution in [3.63, 3.8) is 0 Å². The number of hydrogen-bond donors (Lipinski definition) is 2. The van der Waals surface area contributed by atoms with Crippen LogP contribution in [0.5, 0.6) is 0 Å². The number of benzene rings is 2. The second kappa shape index (κ2) is 6.31. The molecule has 2 aromatic carbocycles. The normalized spacial score (nSPS) is 12.0. The van der Waals surface area contributed by atoms with Crippen molar-refractivity contribution in [3.05, 3.63) is 65.9 Å². The molecule has 0 aliphatic rings. The Bertz CT molecular complexity index is 842. The van der Waals surface area contributed by atoms with Crippen LogP contribution in [0.3, 0.4) is 0 Å². The van der Waals surface area contributed by atoms with Crippen molar-refractivity contribution in [2.24, 2.45) is 5.73 Å². The number of carbonyl (C=O) groups is 2. The molecule has 0 radical (unpaired) electrons. The van der Waals surface area contributed by atoms with E-state index in [0.29, 0.717) is 16.8 Å². The lowest BCUT2D eigenvalue weighted by atomic mass is 10.1. The number of carbonyl (C=O) groups excluding carboxylic acids is 2. The van der Waals surface area contributed by atoms with Gasteiger partial charge in [0.25, 0.3) is 0 Å². The number of primary amides is 1. The first-order valence-corrected chi connectivity index (χ1v) is 7.12. The van der Waals surface area contributed by atoms with E-state index >= 15 is 0 Å². The van der Waals surface area contributed by atoms with Gasteiger partial charge in [0.1, 0.15) is 11.7 Å². The van der Waals surface area contributed by atoms with E-state index in [2.05, 4.69) is 10.5 Å². The third-order valence-electron chi connectivity index (χ3n) is 3.50. The van der Waals surface area contributed by atoms with Gasteiger partial charge in [-0.05, 0) is 17.7 Å². The first-order chi connectivity index (χ1) is 11.1. The highest BCUT2D eigenvalue weighted by molar-refractivity contribution is 5.90. The van der Waals surface area contributed by atoms with E-state index in [1.165, 1.54) is 0 Å². The molecule has 0 saturated heterocycles. The Hall–Kier alpha value is -3.15. The molecule has 1 aromatic heterocycles. The Labute approximate surface area is 132 Å². The van der Waals surface area contributed by atoms with Gasteiger partial charge in [-0.1, -0.05) is 47.6 Å². The summed E-state index contributed by atoms with van der Waals surface area (Å²) in [4.78, 5) is 23.9. The Kier molecular flexibility index (Phi) is 4.05. The molecule has 0 aliphatic carbocycles. The summed E-state index contributed by atoms with van der Waals surface area (Å²) in [6.45, 7) is 0. The predicted molar refractivity (Wildman–Crippen MR) is 84.2 cm³/mol. The minimum absolute atomic E-state index is 0.00757. The van der Waals surface area contributed by atoms with Gasteiger partial charge in [0, 0.05) is 5.39 Å². The second-order valence-electron chi connectivity index (χ2n) is 5.12. The molecule has 0 bridgehead atoms. The fourth-order valence-corrected chi connectivity index (χ4v) is 2.39. The largest absolute Gasteiger partial charge is 0.368 e. The van der Waals surface area contributed by atoms with Gasteiger partial charge >= 0.3 is 0 Å². The summed E-state index contributed by atoms with van der Waals surface area (Å²) >= 11 is 0. The third-order valence-corrected chi connectivity index (χ3v) is 3.50. The molecule has 3 aromatic rings. The predicted octanol–water partition coefficient (Wildman–Crippen LogP) is 1.71. The summed E-state index contributed by atoms with van der Waals surface area (Å²) in [6, 6.07) is 15.3. The zero-order chi connectivity index (χ0) is 16.2. The molecule has 3 N–H and O–H groups in total. The maximum Gasteiger partial charge on any atom is 0.244 e. The number of fused-ring (bicyclic) bond motifs is 1. The van der Waals surface area contributed by atoms with Crippen LogP contribution in [0.15, 0.2) is 59.1 Å². The quantitative estimate of drug-likeness (QED) is 0.749. The lowest BCUT2D eigenvalue weighted by Crippen LogP contribution is -2.38. The summed E-state index contributed by atoms with van der Waals surface area (Å²) in [5.74, 6) is -0.966. The molecule has 0 fully saturated rings. The van der Waals surface area contributed by atoms with Crippen molar-refractivity contribution in [2.75, 3.05) is 0 Å². The molecule has 0 spiro atoms. The number of para-hydroxylation sites is 1. The lowest BCUT2D eigenvalue weighted by Gasteiger charge is -2.15. The molecule has 6 nitrogen and oxygen atoms in total. The monoisotopic (exact) mass is 309 g/mol. The molecule has 3 rings (SSSR count). The maximum atomic E-state index is 12.2. The van der Waals surface area contributed by atoms with Crippen LogP contribution >= 0.6 is 0 Å². The standard InChI is InChI=1S/C17H15N3O3/c18-17(22)16(11-6-2-1-3-7-11)19-15(21)10-13-12-8-4-5-9-14(12)23-20-13/h1-9,16H,10H2,(H2,18,22)(H,19,21)/t16-/m1/s1. The van der Waals surface area contributed by atoms with Gasteiger partial charge < -0.3 is 15.6 Å². The number of nitrogens with one attached hydrogen (secondary N) is 1. The van der Waals surface area contributed by atoms with E-state index < -0.39 is 11.9 Å². The van der Waals surface area contributed by atoms with Crippen LogP contribution in [-0.2, 0) is 16.0 Å². The zero-order valence-electron chi connectivity index (χ0n) is 12.2. The van der Waals surface area contributed by atoms with Crippen molar-refractivity contribution < 1.29 is 14.1 Å². The lowest BCUT2D eigenvalue weighted by molar-refractivity contribution is -0.127. The summed E-state index contributed by atoms with van der Waals surface area (Å²) in [6.07, 6.45) is 0.00757. The van der Waals surface area contributed by atoms with E-state index in [4.69, 9.17) is 10.3 Å². The molecule has 23 heavy (non-hydrogen) atoms.